The Morgan fingerprint density at radius 2 is 0.941 bits per heavy atom. The van der Waals surface area contributed by atoms with Gasteiger partial charge in [0.15, 0.2) is 5.78 Å². The van der Waals surface area contributed by atoms with E-state index in [1.807, 2.05) is 48.5 Å². The monoisotopic (exact) mass is 500 g/mol. The van der Waals surface area contributed by atoms with E-state index in [0.717, 1.165) is 59.9 Å². The second-order valence-corrected chi connectivity index (χ2v) is 9.93. The number of hydrogen-bond acceptors (Lipinski definition) is 5. The van der Waals surface area contributed by atoms with E-state index in [1.165, 1.54) is 64.2 Å². The Morgan fingerprint density at radius 1 is 0.559 bits per heavy atom. The minimum atomic E-state index is 0.0701. The lowest BCUT2D eigenvalue weighted by atomic mass is 10.0. The predicted molar refractivity (Wildman–Crippen MR) is 156 cm³/mol. The first-order valence-corrected chi connectivity index (χ1v) is 14.5. The Kier molecular flexibility index (Phi) is 15.8. The fourth-order valence-corrected chi connectivity index (χ4v) is 4.51. The number of nitrogens with one attached hydrogen (secondary N) is 2. The summed E-state index contributed by atoms with van der Waals surface area (Å²) in [5.74, 6) is 2.06. The highest BCUT2D eigenvalue weighted by molar-refractivity contribution is 7.80. The molecule has 0 amide bonds. The van der Waals surface area contributed by atoms with Crippen molar-refractivity contribution in [1.82, 2.24) is 0 Å². The van der Waals surface area contributed by atoms with Gasteiger partial charge in [-0.1, -0.05) is 75.6 Å². The number of benzene rings is 2. The van der Waals surface area contributed by atoms with Crippen molar-refractivity contribution >= 4 is 42.4 Å². The summed E-state index contributed by atoms with van der Waals surface area (Å²) >= 11 is 8.53. The SMILES string of the molecule is O=C(c1cccc(NCCCCCCCCS)c1)c1cccc(NCCCCCCCCS)c1. The number of rotatable bonds is 20. The van der Waals surface area contributed by atoms with Crippen molar-refractivity contribution in [2.24, 2.45) is 0 Å². The van der Waals surface area contributed by atoms with Crippen molar-refractivity contribution in [3.63, 3.8) is 0 Å². The molecular weight excluding hydrogens is 456 g/mol. The third kappa shape index (κ3) is 12.2. The maximum absolute atomic E-state index is 13.1. The molecule has 0 saturated carbocycles. The molecule has 0 spiro atoms. The molecule has 0 heterocycles. The maximum Gasteiger partial charge on any atom is 0.193 e. The molecule has 2 aromatic carbocycles. The summed E-state index contributed by atoms with van der Waals surface area (Å²) in [6, 6.07) is 15.8. The van der Waals surface area contributed by atoms with Crippen LogP contribution in [0.1, 0.15) is 93.0 Å². The van der Waals surface area contributed by atoms with Crippen molar-refractivity contribution in [1.29, 1.82) is 0 Å². The fourth-order valence-electron chi connectivity index (χ4n) is 4.06. The number of thiol groups is 2. The first kappa shape index (κ1) is 28.6. The molecule has 3 nitrogen and oxygen atoms in total. The van der Waals surface area contributed by atoms with Crippen molar-refractivity contribution in [3.05, 3.63) is 59.7 Å². The summed E-state index contributed by atoms with van der Waals surface area (Å²) in [4.78, 5) is 13.1. The van der Waals surface area contributed by atoms with Crippen LogP contribution in [0, 0.1) is 0 Å². The van der Waals surface area contributed by atoms with Gasteiger partial charge < -0.3 is 10.6 Å². The molecule has 0 unspecified atom stereocenters. The Morgan fingerprint density at radius 3 is 1.35 bits per heavy atom. The molecule has 0 atom stereocenters. The lowest BCUT2D eigenvalue weighted by Crippen LogP contribution is -2.06. The van der Waals surface area contributed by atoms with E-state index in [4.69, 9.17) is 0 Å². The van der Waals surface area contributed by atoms with E-state index in [9.17, 15) is 4.79 Å². The van der Waals surface area contributed by atoms with Crippen LogP contribution >= 0.6 is 25.3 Å². The van der Waals surface area contributed by atoms with Crippen LogP contribution < -0.4 is 10.6 Å². The lowest BCUT2D eigenvalue weighted by Gasteiger charge is -2.10. The zero-order chi connectivity index (χ0) is 24.3. The molecule has 0 aliphatic heterocycles. The van der Waals surface area contributed by atoms with Gasteiger partial charge in [-0.15, -0.1) is 0 Å². The van der Waals surface area contributed by atoms with Crippen LogP contribution in [0.2, 0.25) is 0 Å². The molecule has 188 valence electrons. The molecule has 0 aliphatic carbocycles. The number of hydrogen-bond donors (Lipinski definition) is 4. The highest BCUT2D eigenvalue weighted by Crippen LogP contribution is 2.18. The molecule has 0 fully saturated rings. The van der Waals surface area contributed by atoms with E-state index >= 15 is 0 Å². The Balaban J connectivity index is 1.74. The van der Waals surface area contributed by atoms with Gasteiger partial charge in [-0.3, -0.25) is 4.79 Å². The summed E-state index contributed by atoms with van der Waals surface area (Å²) < 4.78 is 0. The number of ketones is 1. The largest absolute Gasteiger partial charge is 0.385 e. The second kappa shape index (κ2) is 18.7. The van der Waals surface area contributed by atoms with Crippen molar-refractivity contribution < 1.29 is 4.79 Å². The minimum absolute atomic E-state index is 0.0701. The second-order valence-electron chi connectivity index (χ2n) is 9.03. The van der Waals surface area contributed by atoms with Gasteiger partial charge in [0.25, 0.3) is 0 Å². The van der Waals surface area contributed by atoms with Gasteiger partial charge in [-0.05, 0) is 61.5 Å². The van der Waals surface area contributed by atoms with Crippen LogP contribution in [-0.4, -0.2) is 30.4 Å². The average Bonchev–Trinajstić information content (AvgIpc) is 2.87. The molecule has 0 saturated heterocycles. The molecule has 34 heavy (non-hydrogen) atoms. The Bertz CT molecular complexity index is 747. The summed E-state index contributed by atoms with van der Waals surface area (Å²) in [5, 5.41) is 6.96. The highest BCUT2D eigenvalue weighted by Gasteiger charge is 2.10. The standard InChI is InChI=1S/C29H44N2OS2/c32-29(25-15-13-17-27(23-25)30-19-9-5-1-3-7-11-21-33)26-16-14-18-28(24-26)31-20-10-6-2-4-8-12-22-34/h13-18,23-24,30-31,33-34H,1-12,19-22H2. The minimum Gasteiger partial charge on any atom is -0.385 e. The first-order valence-electron chi connectivity index (χ1n) is 13.2. The molecule has 0 bridgehead atoms. The van der Waals surface area contributed by atoms with Crippen LogP contribution in [0.5, 0.6) is 0 Å². The van der Waals surface area contributed by atoms with Gasteiger partial charge in [0.1, 0.15) is 0 Å². The fraction of sp³-hybridized carbons (Fsp3) is 0.552. The number of carbonyl (C=O) groups excluding carboxylic acids is 1. The van der Waals surface area contributed by atoms with Crippen molar-refractivity contribution in [2.45, 2.75) is 77.0 Å². The van der Waals surface area contributed by atoms with E-state index in [0.29, 0.717) is 0 Å². The van der Waals surface area contributed by atoms with Crippen LogP contribution in [0.3, 0.4) is 0 Å². The smallest absolute Gasteiger partial charge is 0.193 e. The van der Waals surface area contributed by atoms with Gasteiger partial charge in [0.2, 0.25) is 0 Å². The number of anilines is 2. The molecule has 0 aliphatic rings. The number of unbranched alkanes of at least 4 members (excludes halogenated alkanes) is 10. The third-order valence-electron chi connectivity index (χ3n) is 6.08. The lowest BCUT2D eigenvalue weighted by molar-refractivity contribution is 0.103. The molecule has 2 aromatic rings. The van der Waals surface area contributed by atoms with Gasteiger partial charge >= 0.3 is 0 Å². The van der Waals surface area contributed by atoms with Gasteiger partial charge in [0, 0.05) is 35.6 Å². The van der Waals surface area contributed by atoms with Crippen LogP contribution in [0.15, 0.2) is 48.5 Å². The summed E-state index contributed by atoms with van der Waals surface area (Å²) in [6.45, 7) is 1.89. The van der Waals surface area contributed by atoms with Gasteiger partial charge in [-0.2, -0.15) is 25.3 Å². The average molecular weight is 501 g/mol. The van der Waals surface area contributed by atoms with Crippen LogP contribution in [0.25, 0.3) is 0 Å². The molecule has 2 N–H and O–H groups in total. The first-order chi connectivity index (χ1) is 16.7. The van der Waals surface area contributed by atoms with E-state index in [2.05, 4.69) is 35.9 Å². The molecular formula is C29H44N2OS2. The van der Waals surface area contributed by atoms with Crippen LogP contribution in [-0.2, 0) is 0 Å². The zero-order valence-electron chi connectivity index (χ0n) is 20.7. The Labute approximate surface area is 218 Å². The predicted octanol–water partition coefficient (Wildman–Crippen LogP) is 8.28. The normalized spacial score (nSPS) is 10.9. The molecule has 2 rings (SSSR count). The quantitative estimate of drug-likeness (QED) is 0.0840. The molecule has 5 heteroatoms. The molecule has 0 aromatic heterocycles. The zero-order valence-corrected chi connectivity index (χ0v) is 22.5. The Hall–Kier alpha value is -1.59. The maximum atomic E-state index is 13.1. The summed E-state index contributed by atoms with van der Waals surface area (Å²) in [7, 11) is 0. The number of carbonyl (C=O) groups is 1. The van der Waals surface area contributed by atoms with Gasteiger partial charge in [-0.25, -0.2) is 0 Å². The van der Waals surface area contributed by atoms with E-state index in [-0.39, 0.29) is 5.78 Å². The summed E-state index contributed by atoms with van der Waals surface area (Å²) in [6.07, 6.45) is 15.0. The van der Waals surface area contributed by atoms with E-state index < -0.39 is 0 Å². The van der Waals surface area contributed by atoms with Crippen molar-refractivity contribution in [2.75, 3.05) is 35.2 Å². The van der Waals surface area contributed by atoms with E-state index in [1.54, 1.807) is 0 Å². The summed E-state index contributed by atoms with van der Waals surface area (Å²) in [5.41, 5.74) is 3.50. The molecule has 0 radical (unpaired) electrons. The van der Waals surface area contributed by atoms with Crippen LogP contribution in [0.4, 0.5) is 11.4 Å². The highest BCUT2D eigenvalue weighted by atomic mass is 32.1. The third-order valence-corrected chi connectivity index (χ3v) is 6.71. The van der Waals surface area contributed by atoms with Gasteiger partial charge in [0.05, 0.1) is 0 Å². The van der Waals surface area contributed by atoms with Crippen molar-refractivity contribution in [3.8, 4) is 0 Å². The topological polar surface area (TPSA) is 41.1 Å².